The Bertz CT molecular complexity index is 382. The molecule has 4 aliphatic carbocycles. The Morgan fingerprint density at radius 1 is 1.05 bits per heavy atom. The lowest BCUT2D eigenvalue weighted by atomic mass is 9.51. The predicted molar refractivity (Wildman–Crippen MR) is 83.6 cm³/mol. The second-order valence-electron chi connectivity index (χ2n) is 8.02. The monoisotopic (exact) mass is 339 g/mol. The van der Waals surface area contributed by atoms with Crippen molar-refractivity contribution in [3.8, 4) is 0 Å². The molecule has 0 N–H and O–H groups in total. The normalized spacial score (nSPS) is 50.5. The van der Waals surface area contributed by atoms with Crippen molar-refractivity contribution in [2.75, 3.05) is 13.1 Å². The van der Waals surface area contributed by atoms with E-state index in [4.69, 9.17) is 0 Å². The first-order valence-corrected chi connectivity index (χ1v) is 9.46. The van der Waals surface area contributed by atoms with Gasteiger partial charge in [0.2, 0.25) is 5.91 Å². The standard InChI is InChI=1S/C17H26BrNO/c1-10-2-3-19(9-15(10)18)17(20)16-13-5-11-4-12(7-13)8-14(16)6-11/h10-16H,2-9H2,1H3. The number of rotatable bonds is 1. The number of amides is 1. The fraction of sp³-hybridized carbons (Fsp3) is 0.941. The maximum absolute atomic E-state index is 13.0. The molecule has 4 saturated carbocycles. The number of nitrogens with zero attached hydrogens (tertiary/aromatic N) is 1. The summed E-state index contributed by atoms with van der Waals surface area (Å²) < 4.78 is 0. The van der Waals surface area contributed by atoms with Gasteiger partial charge < -0.3 is 4.90 Å². The van der Waals surface area contributed by atoms with Crippen molar-refractivity contribution in [1.82, 2.24) is 4.90 Å². The molecule has 2 unspecified atom stereocenters. The lowest BCUT2D eigenvalue weighted by Crippen LogP contribution is -2.54. The van der Waals surface area contributed by atoms with Crippen LogP contribution in [0.4, 0.5) is 0 Å². The van der Waals surface area contributed by atoms with Gasteiger partial charge in [0, 0.05) is 23.8 Å². The largest absolute Gasteiger partial charge is 0.341 e. The summed E-state index contributed by atoms with van der Waals surface area (Å²) in [5.74, 6) is 4.99. The maximum atomic E-state index is 13.0. The van der Waals surface area contributed by atoms with Crippen LogP contribution in [0, 0.1) is 35.5 Å². The zero-order valence-corrected chi connectivity index (χ0v) is 14.0. The SMILES string of the molecule is CC1CCN(C(=O)C2C3CC4CC(C3)CC2C4)CC1Br. The van der Waals surface area contributed by atoms with Gasteiger partial charge in [0.05, 0.1) is 0 Å². The highest BCUT2D eigenvalue weighted by molar-refractivity contribution is 9.09. The van der Waals surface area contributed by atoms with Crippen molar-refractivity contribution >= 4 is 21.8 Å². The van der Waals surface area contributed by atoms with Crippen LogP contribution in [0.1, 0.15) is 45.4 Å². The first-order valence-electron chi connectivity index (χ1n) is 8.54. The molecule has 112 valence electrons. The Hall–Kier alpha value is -0.0500. The molecule has 0 aromatic rings. The van der Waals surface area contributed by atoms with Crippen LogP contribution in [0.15, 0.2) is 0 Å². The summed E-state index contributed by atoms with van der Waals surface area (Å²) in [6, 6.07) is 0. The number of carbonyl (C=O) groups excluding carboxylic acids is 1. The molecule has 3 heteroatoms. The molecule has 2 nitrogen and oxygen atoms in total. The molecule has 4 bridgehead atoms. The van der Waals surface area contributed by atoms with Crippen LogP contribution in [0.5, 0.6) is 0 Å². The van der Waals surface area contributed by atoms with E-state index in [9.17, 15) is 4.79 Å². The molecule has 5 aliphatic rings. The summed E-state index contributed by atoms with van der Waals surface area (Å²) >= 11 is 3.77. The van der Waals surface area contributed by atoms with Crippen molar-refractivity contribution in [3.05, 3.63) is 0 Å². The molecular formula is C17H26BrNO. The zero-order valence-electron chi connectivity index (χ0n) is 12.4. The van der Waals surface area contributed by atoms with Gasteiger partial charge in [0.25, 0.3) is 0 Å². The summed E-state index contributed by atoms with van der Waals surface area (Å²) in [5.41, 5.74) is 0. The summed E-state index contributed by atoms with van der Waals surface area (Å²) in [7, 11) is 0. The van der Waals surface area contributed by atoms with E-state index in [2.05, 4.69) is 27.8 Å². The summed E-state index contributed by atoms with van der Waals surface area (Å²) in [6.07, 6.45) is 8.04. The molecule has 0 aromatic heterocycles. The van der Waals surface area contributed by atoms with E-state index >= 15 is 0 Å². The third-order valence-corrected chi connectivity index (χ3v) is 7.88. The predicted octanol–water partition coefficient (Wildman–Crippen LogP) is 3.69. The highest BCUT2D eigenvalue weighted by Gasteiger charge is 2.51. The Kier molecular flexibility index (Phi) is 3.40. The van der Waals surface area contributed by atoms with Crippen molar-refractivity contribution in [2.24, 2.45) is 35.5 Å². The van der Waals surface area contributed by atoms with Gasteiger partial charge in [-0.15, -0.1) is 0 Å². The molecule has 1 aliphatic heterocycles. The molecule has 2 atom stereocenters. The molecule has 0 spiro atoms. The number of hydrogen-bond acceptors (Lipinski definition) is 1. The van der Waals surface area contributed by atoms with Crippen LogP contribution in [-0.4, -0.2) is 28.7 Å². The molecule has 0 aromatic carbocycles. The summed E-state index contributed by atoms with van der Waals surface area (Å²) in [5, 5.41) is 0. The van der Waals surface area contributed by atoms with Crippen molar-refractivity contribution in [1.29, 1.82) is 0 Å². The minimum absolute atomic E-state index is 0.385. The number of alkyl halides is 1. The van der Waals surface area contributed by atoms with E-state index < -0.39 is 0 Å². The highest BCUT2D eigenvalue weighted by atomic mass is 79.9. The molecule has 1 amide bonds. The third-order valence-electron chi connectivity index (χ3n) is 6.69. The van der Waals surface area contributed by atoms with Gasteiger partial charge in [0.1, 0.15) is 0 Å². The minimum atomic E-state index is 0.385. The van der Waals surface area contributed by atoms with Crippen LogP contribution in [0.2, 0.25) is 0 Å². The molecular weight excluding hydrogens is 314 g/mol. The average Bonchev–Trinajstić information content (AvgIpc) is 2.40. The topological polar surface area (TPSA) is 20.3 Å². The van der Waals surface area contributed by atoms with E-state index in [0.29, 0.717) is 22.6 Å². The van der Waals surface area contributed by atoms with E-state index in [-0.39, 0.29) is 0 Å². The Labute approximate surface area is 130 Å². The molecule has 20 heavy (non-hydrogen) atoms. The molecule has 1 saturated heterocycles. The molecule has 5 rings (SSSR count). The average molecular weight is 340 g/mol. The maximum Gasteiger partial charge on any atom is 0.226 e. The highest BCUT2D eigenvalue weighted by Crippen LogP contribution is 2.57. The molecule has 0 radical (unpaired) electrons. The number of likely N-dealkylation sites (tertiary alicyclic amines) is 1. The second-order valence-corrected chi connectivity index (χ2v) is 9.20. The first-order chi connectivity index (χ1) is 9.61. The van der Waals surface area contributed by atoms with Gasteiger partial charge in [0.15, 0.2) is 0 Å². The quantitative estimate of drug-likeness (QED) is 0.667. The van der Waals surface area contributed by atoms with Gasteiger partial charge in [-0.3, -0.25) is 4.79 Å². The Balaban J connectivity index is 1.49. The van der Waals surface area contributed by atoms with Crippen molar-refractivity contribution in [2.45, 2.75) is 50.3 Å². The fourth-order valence-corrected chi connectivity index (χ4v) is 6.38. The van der Waals surface area contributed by atoms with E-state index in [1.54, 1.807) is 0 Å². The number of hydrogen-bond donors (Lipinski definition) is 0. The van der Waals surface area contributed by atoms with Gasteiger partial charge in [-0.05, 0) is 68.1 Å². The molecule has 1 heterocycles. The van der Waals surface area contributed by atoms with Crippen molar-refractivity contribution < 1.29 is 4.79 Å². The minimum Gasteiger partial charge on any atom is -0.341 e. The Morgan fingerprint density at radius 3 is 2.20 bits per heavy atom. The number of piperidine rings is 1. The lowest BCUT2D eigenvalue weighted by molar-refractivity contribution is -0.150. The lowest BCUT2D eigenvalue weighted by Gasteiger charge is -2.54. The molecule has 5 fully saturated rings. The smallest absolute Gasteiger partial charge is 0.226 e. The fourth-order valence-electron chi connectivity index (χ4n) is 5.76. The van der Waals surface area contributed by atoms with Crippen LogP contribution in [0.25, 0.3) is 0 Å². The van der Waals surface area contributed by atoms with E-state index in [1.807, 2.05) is 0 Å². The third kappa shape index (κ3) is 2.15. The van der Waals surface area contributed by atoms with Crippen LogP contribution in [-0.2, 0) is 4.79 Å². The second kappa shape index (κ2) is 5.00. The summed E-state index contributed by atoms with van der Waals surface area (Å²) in [6.45, 7) is 4.22. The van der Waals surface area contributed by atoms with Crippen molar-refractivity contribution in [3.63, 3.8) is 0 Å². The van der Waals surface area contributed by atoms with Gasteiger partial charge in [-0.1, -0.05) is 22.9 Å². The number of halogens is 1. The van der Waals surface area contributed by atoms with Gasteiger partial charge in [-0.2, -0.15) is 0 Å². The van der Waals surface area contributed by atoms with Crippen LogP contribution in [0.3, 0.4) is 0 Å². The van der Waals surface area contributed by atoms with E-state index in [0.717, 1.165) is 43.2 Å². The van der Waals surface area contributed by atoms with Gasteiger partial charge in [-0.25, -0.2) is 0 Å². The zero-order chi connectivity index (χ0) is 13.9. The number of carbonyl (C=O) groups is 1. The first kappa shape index (κ1) is 13.6. The van der Waals surface area contributed by atoms with E-state index in [1.165, 1.54) is 32.1 Å². The summed E-state index contributed by atoms with van der Waals surface area (Å²) in [4.78, 5) is 15.7. The van der Waals surface area contributed by atoms with Crippen LogP contribution < -0.4 is 0 Å². The Morgan fingerprint density at radius 2 is 1.65 bits per heavy atom. The van der Waals surface area contributed by atoms with Gasteiger partial charge >= 0.3 is 0 Å². The van der Waals surface area contributed by atoms with Crippen LogP contribution >= 0.6 is 15.9 Å².